The van der Waals surface area contributed by atoms with Gasteiger partial charge in [0.15, 0.2) is 0 Å². The molecule has 0 atom stereocenters. The number of carbonyl (C=O) groups is 2. The van der Waals surface area contributed by atoms with Crippen LogP contribution in [-0.2, 0) is 4.79 Å². The molecule has 0 radical (unpaired) electrons. The second kappa shape index (κ2) is 6.46. The molecule has 6 nitrogen and oxygen atoms in total. The Hall–Kier alpha value is -2.26. The summed E-state index contributed by atoms with van der Waals surface area (Å²) in [5.74, 6) is -1.12. The summed E-state index contributed by atoms with van der Waals surface area (Å²) in [6.45, 7) is 4.74. The van der Waals surface area contributed by atoms with Gasteiger partial charge in [0.05, 0.1) is 11.3 Å². The monoisotopic (exact) mass is 309 g/mol. The van der Waals surface area contributed by atoms with Crippen molar-refractivity contribution in [2.75, 3.05) is 11.9 Å². The topological polar surface area (TPSA) is 93.4 Å². The predicted molar refractivity (Wildman–Crippen MR) is 79.3 cm³/mol. The maximum atomic E-state index is 12.3. The van der Waals surface area contributed by atoms with Crippen LogP contribution in [0, 0.1) is 11.3 Å². The fraction of sp³-hybridized carbons (Fsp3) is 0.357. The first-order chi connectivity index (χ1) is 9.73. The Balaban J connectivity index is 3.08. The number of carboxylic acid groups (broad SMARTS) is 1. The summed E-state index contributed by atoms with van der Waals surface area (Å²) in [7, 11) is 0. The molecule has 2 amide bonds. The number of likely N-dealkylation sites (N-methyl/N-ethyl adjacent to an activating group) is 1. The van der Waals surface area contributed by atoms with E-state index in [4.69, 9.17) is 16.9 Å². The van der Waals surface area contributed by atoms with Gasteiger partial charge in [0.1, 0.15) is 11.6 Å². The first-order valence-electron chi connectivity index (χ1n) is 6.25. The quantitative estimate of drug-likeness (QED) is 0.894. The number of carboxylic acids is 1. The Morgan fingerprint density at radius 3 is 2.57 bits per heavy atom. The van der Waals surface area contributed by atoms with Crippen LogP contribution in [0.3, 0.4) is 0 Å². The number of anilines is 1. The van der Waals surface area contributed by atoms with Gasteiger partial charge in [-0.3, -0.25) is 0 Å². The lowest BCUT2D eigenvalue weighted by molar-refractivity contribution is -0.147. The highest BCUT2D eigenvalue weighted by Gasteiger charge is 2.37. The fourth-order valence-corrected chi connectivity index (χ4v) is 1.98. The van der Waals surface area contributed by atoms with E-state index in [2.05, 4.69) is 5.32 Å². The third-order valence-corrected chi connectivity index (χ3v) is 3.34. The van der Waals surface area contributed by atoms with Crippen molar-refractivity contribution in [2.24, 2.45) is 0 Å². The van der Waals surface area contributed by atoms with Gasteiger partial charge in [0, 0.05) is 11.6 Å². The summed E-state index contributed by atoms with van der Waals surface area (Å²) in [5, 5.41) is 21.1. The van der Waals surface area contributed by atoms with Crippen molar-refractivity contribution < 1.29 is 14.7 Å². The van der Waals surface area contributed by atoms with E-state index in [9.17, 15) is 14.7 Å². The molecule has 1 aromatic carbocycles. The first-order valence-corrected chi connectivity index (χ1v) is 6.63. The molecule has 0 heterocycles. The van der Waals surface area contributed by atoms with Crippen LogP contribution in [0.15, 0.2) is 18.2 Å². The standard InChI is InChI=1S/C14H16ClN3O3/c1-4-18(14(2,3)12(19)20)13(21)17-11-7-10(15)6-5-9(11)8-16/h5-7H,4H2,1-3H3,(H,17,21)(H,19,20). The average Bonchev–Trinajstić information content (AvgIpc) is 2.39. The number of rotatable bonds is 4. The highest BCUT2D eigenvalue weighted by molar-refractivity contribution is 6.31. The van der Waals surface area contributed by atoms with Crippen LogP contribution < -0.4 is 5.32 Å². The van der Waals surface area contributed by atoms with Gasteiger partial charge in [-0.05, 0) is 39.0 Å². The third-order valence-electron chi connectivity index (χ3n) is 3.10. The fourth-order valence-electron chi connectivity index (χ4n) is 1.81. The average molecular weight is 310 g/mol. The molecule has 0 spiro atoms. The zero-order valence-electron chi connectivity index (χ0n) is 12.0. The summed E-state index contributed by atoms with van der Waals surface area (Å²) >= 11 is 5.84. The molecule has 7 heteroatoms. The number of benzene rings is 1. The van der Waals surface area contributed by atoms with Crippen LogP contribution in [0.1, 0.15) is 26.3 Å². The molecule has 0 saturated heterocycles. The van der Waals surface area contributed by atoms with E-state index in [0.717, 1.165) is 4.90 Å². The number of nitrogens with zero attached hydrogens (tertiary/aromatic N) is 2. The minimum Gasteiger partial charge on any atom is -0.480 e. The van der Waals surface area contributed by atoms with Gasteiger partial charge >= 0.3 is 12.0 Å². The van der Waals surface area contributed by atoms with Crippen LogP contribution in [0.5, 0.6) is 0 Å². The number of urea groups is 1. The van der Waals surface area contributed by atoms with E-state index in [1.165, 1.54) is 32.0 Å². The molecule has 21 heavy (non-hydrogen) atoms. The molecule has 0 unspecified atom stereocenters. The summed E-state index contributed by atoms with van der Waals surface area (Å²) in [6.07, 6.45) is 0. The molecule has 0 bridgehead atoms. The molecule has 1 rings (SSSR count). The minimum atomic E-state index is -1.37. The molecule has 0 aliphatic carbocycles. The molecule has 112 valence electrons. The van der Waals surface area contributed by atoms with Gasteiger partial charge in [-0.15, -0.1) is 0 Å². The summed E-state index contributed by atoms with van der Waals surface area (Å²) in [4.78, 5) is 24.7. The van der Waals surface area contributed by atoms with Crippen LogP contribution in [-0.4, -0.2) is 34.1 Å². The molecular weight excluding hydrogens is 294 g/mol. The number of carbonyl (C=O) groups excluding carboxylic acids is 1. The number of aliphatic carboxylic acids is 1. The second-order valence-corrected chi connectivity index (χ2v) is 5.28. The van der Waals surface area contributed by atoms with E-state index in [1.54, 1.807) is 6.92 Å². The van der Waals surface area contributed by atoms with Crippen molar-refractivity contribution in [3.8, 4) is 6.07 Å². The summed E-state index contributed by atoms with van der Waals surface area (Å²) in [5.41, 5.74) is -0.879. The smallest absolute Gasteiger partial charge is 0.329 e. The van der Waals surface area contributed by atoms with Crippen LogP contribution in [0.25, 0.3) is 0 Å². The van der Waals surface area contributed by atoms with Crippen molar-refractivity contribution in [3.63, 3.8) is 0 Å². The molecule has 2 N–H and O–H groups in total. The number of nitrogens with one attached hydrogen (secondary N) is 1. The molecule has 0 saturated carbocycles. The summed E-state index contributed by atoms with van der Waals surface area (Å²) in [6, 6.07) is 5.79. The van der Waals surface area contributed by atoms with E-state index in [-0.39, 0.29) is 17.8 Å². The van der Waals surface area contributed by atoms with Crippen molar-refractivity contribution in [2.45, 2.75) is 26.3 Å². The van der Waals surface area contributed by atoms with Gasteiger partial charge in [0.2, 0.25) is 0 Å². The van der Waals surface area contributed by atoms with Crippen molar-refractivity contribution in [1.82, 2.24) is 4.90 Å². The van der Waals surface area contributed by atoms with Crippen molar-refractivity contribution >= 4 is 29.3 Å². The minimum absolute atomic E-state index is 0.202. The lowest BCUT2D eigenvalue weighted by Gasteiger charge is -2.34. The lowest BCUT2D eigenvalue weighted by Crippen LogP contribution is -2.54. The number of halogens is 1. The zero-order chi connectivity index (χ0) is 16.2. The Bertz CT molecular complexity index is 608. The van der Waals surface area contributed by atoms with Crippen LogP contribution in [0.2, 0.25) is 5.02 Å². The predicted octanol–water partition coefficient (Wildman–Crippen LogP) is 2.93. The van der Waals surface area contributed by atoms with E-state index >= 15 is 0 Å². The molecular formula is C14H16ClN3O3. The third kappa shape index (κ3) is 3.64. The molecule has 0 fully saturated rings. The number of amides is 2. The molecule has 0 aliphatic heterocycles. The Morgan fingerprint density at radius 1 is 1.48 bits per heavy atom. The van der Waals surface area contributed by atoms with Crippen LogP contribution in [0.4, 0.5) is 10.5 Å². The number of nitriles is 1. The van der Waals surface area contributed by atoms with E-state index in [0.29, 0.717) is 5.02 Å². The SMILES string of the molecule is CCN(C(=O)Nc1cc(Cl)ccc1C#N)C(C)(C)C(=O)O. The summed E-state index contributed by atoms with van der Waals surface area (Å²) < 4.78 is 0. The highest BCUT2D eigenvalue weighted by Crippen LogP contribution is 2.22. The van der Waals surface area contributed by atoms with E-state index in [1.807, 2.05) is 6.07 Å². The largest absolute Gasteiger partial charge is 0.480 e. The van der Waals surface area contributed by atoms with E-state index < -0.39 is 17.5 Å². The Morgan fingerprint density at radius 2 is 2.10 bits per heavy atom. The maximum Gasteiger partial charge on any atom is 0.329 e. The maximum absolute atomic E-state index is 12.3. The molecule has 0 aromatic heterocycles. The van der Waals surface area contributed by atoms with Gasteiger partial charge in [0.25, 0.3) is 0 Å². The Kier molecular flexibility index (Phi) is 5.17. The van der Waals surface area contributed by atoms with Crippen molar-refractivity contribution in [1.29, 1.82) is 5.26 Å². The number of hydrogen-bond donors (Lipinski definition) is 2. The van der Waals surface area contributed by atoms with Gasteiger partial charge < -0.3 is 15.3 Å². The first kappa shape index (κ1) is 16.8. The van der Waals surface area contributed by atoms with Gasteiger partial charge in [-0.25, -0.2) is 9.59 Å². The molecule has 1 aromatic rings. The second-order valence-electron chi connectivity index (χ2n) is 4.84. The normalized spacial score (nSPS) is 10.6. The van der Waals surface area contributed by atoms with Crippen LogP contribution >= 0.6 is 11.6 Å². The Labute approximate surface area is 127 Å². The highest BCUT2D eigenvalue weighted by atomic mass is 35.5. The van der Waals surface area contributed by atoms with Gasteiger partial charge in [-0.1, -0.05) is 11.6 Å². The van der Waals surface area contributed by atoms with Crippen molar-refractivity contribution in [3.05, 3.63) is 28.8 Å². The lowest BCUT2D eigenvalue weighted by atomic mass is 10.0. The molecule has 0 aliphatic rings. The van der Waals surface area contributed by atoms with Gasteiger partial charge in [-0.2, -0.15) is 5.26 Å². The number of hydrogen-bond acceptors (Lipinski definition) is 3. The zero-order valence-corrected chi connectivity index (χ0v) is 12.7.